The third-order valence-electron chi connectivity index (χ3n) is 4.03. The van der Waals surface area contributed by atoms with Gasteiger partial charge in [0.1, 0.15) is 0 Å². The second-order valence-electron chi connectivity index (χ2n) is 5.12. The van der Waals surface area contributed by atoms with Crippen LogP contribution in [0.4, 0.5) is 0 Å². The molecular weight excluding hydrogens is 226 g/mol. The van der Waals surface area contributed by atoms with Crippen molar-refractivity contribution in [3.05, 3.63) is 0 Å². The van der Waals surface area contributed by atoms with Crippen molar-refractivity contribution in [3.8, 4) is 0 Å². The molecule has 4 nitrogen and oxygen atoms in total. The molecule has 2 atom stereocenters. The Balaban J connectivity index is 2.23. The van der Waals surface area contributed by atoms with Gasteiger partial charge >= 0.3 is 0 Å². The molecule has 1 amide bonds. The van der Waals surface area contributed by atoms with Gasteiger partial charge in [-0.2, -0.15) is 0 Å². The molecule has 0 radical (unpaired) electrons. The summed E-state index contributed by atoms with van der Waals surface area (Å²) in [6, 6.07) is 0.0282. The summed E-state index contributed by atoms with van der Waals surface area (Å²) < 4.78 is 0. The maximum Gasteiger partial charge on any atom is 0.237 e. The van der Waals surface area contributed by atoms with Crippen LogP contribution < -0.4 is 10.6 Å². The minimum Gasteiger partial charge on any atom is -0.353 e. The Labute approximate surface area is 111 Å². The van der Waals surface area contributed by atoms with Crippen LogP contribution in [0.25, 0.3) is 0 Å². The van der Waals surface area contributed by atoms with Crippen molar-refractivity contribution in [3.63, 3.8) is 0 Å². The smallest absolute Gasteiger partial charge is 0.237 e. The van der Waals surface area contributed by atoms with Crippen LogP contribution >= 0.6 is 0 Å². The minimum atomic E-state index is 0.0282. The number of piperidine rings is 1. The lowest BCUT2D eigenvalue weighted by atomic mass is 9.90. The normalized spacial score (nSPS) is 24.2. The molecule has 0 spiro atoms. The Morgan fingerprint density at radius 1 is 1.33 bits per heavy atom. The molecule has 0 aromatic heterocycles. The maximum atomic E-state index is 12.0. The molecule has 0 aromatic carbocycles. The van der Waals surface area contributed by atoms with Crippen LogP contribution in [0.1, 0.15) is 40.0 Å². The molecule has 1 fully saturated rings. The Kier molecular flexibility index (Phi) is 7.28. The van der Waals surface area contributed by atoms with E-state index >= 15 is 0 Å². The Hall–Kier alpha value is -0.610. The van der Waals surface area contributed by atoms with Crippen LogP contribution in [-0.2, 0) is 4.79 Å². The molecule has 106 valence electrons. The number of nitrogens with zero attached hydrogens (tertiary/aromatic N) is 1. The molecule has 0 aliphatic carbocycles. The maximum absolute atomic E-state index is 12.0. The first-order valence-electron chi connectivity index (χ1n) is 7.44. The zero-order valence-corrected chi connectivity index (χ0v) is 12.2. The summed E-state index contributed by atoms with van der Waals surface area (Å²) in [4.78, 5) is 14.3. The van der Waals surface area contributed by atoms with Crippen LogP contribution in [0.5, 0.6) is 0 Å². The van der Waals surface area contributed by atoms with E-state index in [0.717, 1.165) is 39.1 Å². The topological polar surface area (TPSA) is 44.4 Å². The van der Waals surface area contributed by atoms with E-state index in [0.29, 0.717) is 5.92 Å². The predicted octanol–water partition coefficient (Wildman–Crippen LogP) is 1.22. The van der Waals surface area contributed by atoms with Crippen molar-refractivity contribution in [2.45, 2.75) is 46.1 Å². The summed E-state index contributed by atoms with van der Waals surface area (Å²) in [5.41, 5.74) is 0. The number of amides is 1. The molecule has 0 saturated carbocycles. The van der Waals surface area contributed by atoms with E-state index < -0.39 is 0 Å². The zero-order chi connectivity index (χ0) is 13.4. The molecule has 4 heteroatoms. The average Bonchev–Trinajstić information content (AvgIpc) is 2.43. The highest BCUT2D eigenvalue weighted by Gasteiger charge is 2.25. The molecule has 1 rings (SSSR count). The van der Waals surface area contributed by atoms with E-state index in [2.05, 4.69) is 36.3 Å². The number of rotatable bonds is 7. The quantitative estimate of drug-likeness (QED) is 0.719. The Bertz CT molecular complexity index is 241. The number of likely N-dealkylation sites (N-methyl/N-ethyl adjacent to an activating group) is 1. The van der Waals surface area contributed by atoms with Crippen molar-refractivity contribution in [1.29, 1.82) is 0 Å². The fraction of sp³-hybridized carbons (Fsp3) is 0.929. The number of hydrogen-bond donors (Lipinski definition) is 2. The van der Waals surface area contributed by atoms with Crippen LogP contribution in [-0.4, -0.2) is 49.6 Å². The second-order valence-corrected chi connectivity index (χ2v) is 5.12. The van der Waals surface area contributed by atoms with Gasteiger partial charge in [-0.15, -0.1) is 0 Å². The minimum absolute atomic E-state index is 0.0282. The van der Waals surface area contributed by atoms with E-state index in [9.17, 15) is 4.79 Å². The summed E-state index contributed by atoms with van der Waals surface area (Å²) in [6.45, 7) is 11.3. The van der Waals surface area contributed by atoms with Gasteiger partial charge in [0.15, 0.2) is 0 Å². The molecule has 1 aliphatic heterocycles. The number of nitrogens with one attached hydrogen (secondary N) is 2. The van der Waals surface area contributed by atoms with Crippen LogP contribution in [0, 0.1) is 5.92 Å². The van der Waals surface area contributed by atoms with Gasteiger partial charge in [0, 0.05) is 13.1 Å². The van der Waals surface area contributed by atoms with Crippen LogP contribution in [0.3, 0.4) is 0 Å². The summed E-state index contributed by atoms with van der Waals surface area (Å²) >= 11 is 0. The molecular formula is C14H29N3O. The number of hydrogen-bond acceptors (Lipinski definition) is 3. The summed E-state index contributed by atoms with van der Waals surface area (Å²) in [5, 5.41) is 6.38. The molecule has 2 unspecified atom stereocenters. The molecule has 1 saturated heterocycles. The van der Waals surface area contributed by atoms with Gasteiger partial charge in [-0.05, 0) is 38.4 Å². The van der Waals surface area contributed by atoms with E-state index in [1.807, 2.05) is 0 Å². The monoisotopic (exact) mass is 255 g/mol. The van der Waals surface area contributed by atoms with Gasteiger partial charge in [-0.25, -0.2) is 0 Å². The van der Waals surface area contributed by atoms with Gasteiger partial charge in [0.05, 0.1) is 6.04 Å². The SMILES string of the molecule is CCC1CCNC(C(=O)NCCN(CC)CC)C1. The van der Waals surface area contributed by atoms with Crippen LogP contribution in [0.15, 0.2) is 0 Å². The first-order chi connectivity index (χ1) is 8.71. The van der Waals surface area contributed by atoms with Gasteiger partial charge in [0.2, 0.25) is 5.91 Å². The largest absolute Gasteiger partial charge is 0.353 e. The second kappa shape index (κ2) is 8.48. The molecule has 0 bridgehead atoms. The third-order valence-corrected chi connectivity index (χ3v) is 4.03. The lowest BCUT2D eigenvalue weighted by Gasteiger charge is -2.29. The molecule has 1 aliphatic rings. The molecule has 18 heavy (non-hydrogen) atoms. The molecule has 2 N–H and O–H groups in total. The first-order valence-corrected chi connectivity index (χ1v) is 7.44. The average molecular weight is 255 g/mol. The Morgan fingerprint density at radius 3 is 2.67 bits per heavy atom. The van der Waals surface area contributed by atoms with Crippen molar-refractivity contribution in [1.82, 2.24) is 15.5 Å². The Morgan fingerprint density at radius 2 is 2.06 bits per heavy atom. The fourth-order valence-electron chi connectivity index (χ4n) is 2.57. The van der Waals surface area contributed by atoms with Crippen molar-refractivity contribution in [2.75, 3.05) is 32.7 Å². The first kappa shape index (κ1) is 15.4. The summed E-state index contributed by atoms with van der Waals surface area (Å²) in [7, 11) is 0. The fourth-order valence-corrected chi connectivity index (χ4v) is 2.57. The molecule has 0 aromatic rings. The van der Waals surface area contributed by atoms with Crippen molar-refractivity contribution < 1.29 is 4.79 Å². The highest BCUT2D eigenvalue weighted by Crippen LogP contribution is 2.19. The number of carbonyl (C=O) groups is 1. The van der Waals surface area contributed by atoms with E-state index in [1.165, 1.54) is 12.8 Å². The van der Waals surface area contributed by atoms with E-state index in [4.69, 9.17) is 0 Å². The van der Waals surface area contributed by atoms with Gasteiger partial charge < -0.3 is 15.5 Å². The standard InChI is InChI=1S/C14H29N3O/c1-4-12-7-8-15-13(11-12)14(18)16-9-10-17(5-2)6-3/h12-13,15H,4-11H2,1-3H3,(H,16,18). The highest BCUT2D eigenvalue weighted by molar-refractivity contribution is 5.81. The summed E-state index contributed by atoms with van der Waals surface area (Å²) in [6.07, 6.45) is 3.39. The van der Waals surface area contributed by atoms with Crippen LogP contribution in [0.2, 0.25) is 0 Å². The van der Waals surface area contributed by atoms with Crippen molar-refractivity contribution in [2.24, 2.45) is 5.92 Å². The number of carbonyl (C=O) groups excluding carboxylic acids is 1. The third kappa shape index (κ3) is 4.94. The predicted molar refractivity (Wildman–Crippen MR) is 75.6 cm³/mol. The zero-order valence-electron chi connectivity index (χ0n) is 12.2. The van der Waals surface area contributed by atoms with Gasteiger partial charge in [0.25, 0.3) is 0 Å². The molecule has 1 heterocycles. The lowest BCUT2D eigenvalue weighted by molar-refractivity contribution is -0.124. The summed E-state index contributed by atoms with van der Waals surface area (Å²) in [5.74, 6) is 0.894. The van der Waals surface area contributed by atoms with Gasteiger partial charge in [-0.3, -0.25) is 4.79 Å². The van der Waals surface area contributed by atoms with Crippen molar-refractivity contribution >= 4 is 5.91 Å². The lowest BCUT2D eigenvalue weighted by Crippen LogP contribution is -2.49. The van der Waals surface area contributed by atoms with E-state index in [-0.39, 0.29) is 11.9 Å². The van der Waals surface area contributed by atoms with E-state index in [1.54, 1.807) is 0 Å². The van der Waals surface area contributed by atoms with Gasteiger partial charge in [-0.1, -0.05) is 27.2 Å². The highest BCUT2D eigenvalue weighted by atomic mass is 16.2.